The van der Waals surface area contributed by atoms with E-state index in [1.54, 1.807) is 0 Å². The predicted molar refractivity (Wildman–Crippen MR) is 78.8 cm³/mol. The zero-order chi connectivity index (χ0) is 13.4. The maximum atomic E-state index is 6.01. The summed E-state index contributed by atoms with van der Waals surface area (Å²) in [4.78, 5) is 2.19. The lowest BCUT2D eigenvalue weighted by molar-refractivity contribution is 0.294. The van der Waals surface area contributed by atoms with Crippen molar-refractivity contribution >= 4 is 0 Å². The molecule has 102 valence electrons. The molecule has 0 radical (unpaired) electrons. The van der Waals surface area contributed by atoms with Crippen molar-refractivity contribution in [2.45, 2.75) is 25.3 Å². The van der Waals surface area contributed by atoms with Crippen LogP contribution in [0.25, 0.3) is 0 Å². The van der Waals surface area contributed by atoms with E-state index >= 15 is 0 Å². The van der Waals surface area contributed by atoms with Gasteiger partial charge in [-0.1, -0.05) is 37.3 Å². The van der Waals surface area contributed by atoms with Crippen LogP contribution in [0.1, 0.15) is 18.9 Å². The van der Waals surface area contributed by atoms with Gasteiger partial charge in [0, 0.05) is 25.2 Å². The minimum atomic E-state index is 0.0252. The summed E-state index contributed by atoms with van der Waals surface area (Å²) < 4.78 is 0. The molecule has 3 heteroatoms. The van der Waals surface area contributed by atoms with Crippen molar-refractivity contribution in [2.24, 2.45) is 5.73 Å². The molecule has 1 atom stereocenters. The quantitative estimate of drug-likeness (QED) is 0.733. The van der Waals surface area contributed by atoms with E-state index in [4.69, 9.17) is 5.73 Å². The molecule has 0 aliphatic carbocycles. The summed E-state index contributed by atoms with van der Waals surface area (Å²) in [6.07, 6.45) is 2.04. The molecule has 0 amide bonds. The van der Waals surface area contributed by atoms with Gasteiger partial charge >= 0.3 is 0 Å². The Kier molecular flexibility index (Phi) is 6.33. The molecular formula is C15H27N3. The van der Waals surface area contributed by atoms with Crippen LogP contribution in [-0.4, -0.2) is 44.2 Å². The highest BCUT2D eigenvalue weighted by Gasteiger charge is 2.25. The Balaban J connectivity index is 2.62. The third kappa shape index (κ3) is 4.77. The third-order valence-electron chi connectivity index (χ3n) is 3.51. The molecular weight excluding hydrogens is 222 g/mol. The molecule has 0 spiro atoms. The Hall–Kier alpha value is -0.900. The van der Waals surface area contributed by atoms with Crippen molar-refractivity contribution in [3.05, 3.63) is 35.9 Å². The third-order valence-corrected chi connectivity index (χ3v) is 3.51. The topological polar surface area (TPSA) is 41.3 Å². The van der Waals surface area contributed by atoms with E-state index in [-0.39, 0.29) is 5.54 Å². The van der Waals surface area contributed by atoms with E-state index in [0.29, 0.717) is 6.54 Å². The van der Waals surface area contributed by atoms with Gasteiger partial charge in [-0.25, -0.2) is 0 Å². The second kappa shape index (κ2) is 7.52. The van der Waals surface area contributed by atoms with E-state index in [1.807, 2.05) is 0 Å². The molecule has 1 unspecified atom stereocenters. The van der Waals surface area contributed by atoms with Crippen molar-refractivity contribution in [3.63, 3.8) is 0 Å². The fourth-order valence-electron chi connectivity index (χ4n) is 2.13. The van der Waals surface area contributed by atoms with Crippen molar-refractivity contribution in [3.8, 4) is 0 Å². The maximum Gasteiger partial charge on any atom is 0.0342 e. The van der Waals surface area contributed by atoms with E-state index in [9.17, 15) is 0 Å². The number of nitrogens with two attached hydrogens (primary N) is 1. The van der Waals surface area contributed by atoms with Gasteiger partial charge in [-0.3, -0.25) is 0 Å². The monoisotopic (exact) mass is 249 g/mol. The Morgan fingerprint density at radius 2 is 1.89 bits per heavy atom. The van der Waals surface area contributed by atoms with Crippen LogP contribution >= 0.6 is 0 Å². The van der Waals surface area contributed by atoms with Gasteiger partial charge in [0.05, 0.1) is 0 Å². The van der Waals surface area contributed by atoms with Crippen molar-refractivity contribution < 1.29 is 0 Å². The van der Waals surface area contributed by atoms with E-state index in [1.165, 1.54) is 5.56 Å². The van der Waals surface area contributed by atoms with Crippen molar-refractivity contribution in [2.75, 3.05) is 33.7 Å². The van der Waals surface area contributed by atoms with Gasteiger partial charge in [0.15, 0.2) is 0 Å². The molecule has 3 nitrogen and oxygen atoms in total. The molecule has 0 aliphatic heterocycles. The Morgan fingerprint density at radius 3 is 2.39 bits per heavy atom. The minimum absolute atomic E-state index is 0.0252. The van der Waals surface area contributed by atoms with Crippen LogP contribution in [0.5, 0.6) is 0 Å². The summed E-state index contributed by atoms with van der Waals surface area (Å²) >= 11 is 0. The van der Waals surface area contributed by atoms with Crippen molar-refractivity contribution in [1.82, 2.24) is 10.2 Å². The summed E-state index contributed by atoms with van der Waals surface area (Å²) in [5, 5.41) is 3.65. The summed E-state index contributed by atoms with van der Waals surface area (Å²) in [6, 6.07) is 10.6. The zero-order valence-electron chi connectivity index (χ0n) is 11.9. The molecule has 0 aromatic heterocycles. The normalized spacial score (nSPS) is 14.7. The van der Waals surface area contributed by atoms with E-state index < -0.39 is 0 Å². The molecule has 0 heterocycles. The first-order valence-corrected chi connectivity index (χ1v) is 6.75. The van der Waals surface area contributed by atoms with Gasteiger partial charge in [-0.2, -0.15) is 0 Å². The van der Waals surface area contributed by atoms with Crippen LogP contribution in [0.2, 0.25) is 0 Å². The lowest BCUT2D eigenvalue weighted by Crippen LogP contribution is -2.54. The molecule has 0 fully saturated rings. The lowest BCUT2D eigenvalue weighted by atomic mass is 9.88. The molecule has 3 N–H and O–H groups in total. The van der Waals surface area contributed by atoms with Crippen LogP contribution in [0.4, 0.5) is 0 Å². The maximum absolute atomic E-state index is 6.01. The fourth-order valence-corrected chi connectivity index (χ4v) is 2.13. The number of rotatable bonds is 8. The number of nitrogens with zero attached hydrogens (tertiary/aromatic N) is 1. The highest BCUT2D eigenvalue weighted by atomic mass is 15.1. The fraction of sp³-hybridized carbons (Fsp3) is 0.600. The zero-order valence-corrected chi connectivity index (χ0v) is 11.9. The van der Waals surface area contributed by atoms with E-state index in [0.717, 1.165) is 25.9 Å². The molecule has 1 aromatic rings. The second-order valence-electron chi connectivity index (χ2n) is 5.23. The van der Waals surface area contributed by atoms with Crippen LogP contribution in [0, 0.1) is 0 Å². The van der Waals surface area contributed by atoms with Gasteiger partial charge in [0.1, 0.15) is 0 Å². The van der Waals surface area contributed by atoms with Gasteiger partial charge in [-0.15, -0.1) is 0 Å². The standard InChI is InChI=1S/C15H27N3/c1-4-15(13-16,17-10-11-18(2)3)12-14-8-6-5-7-9-14/h5-9,17H,4,10-13,16H2,1-3H3. The number of nitrogens with one attached hydrogen (secondary N) is 1. The van der Waals surface area contributed by atoms with E-state index in [2.05, 4.69) is 61.6 Å². The van der Waals surface area contributed by atoms with Crippen LogP contribution in [-0.2, 0) is 6.42 Å². The number of hydrogen-bond acceptors (Lipinski definition) is 3. The molecule has 0 saturated heterocycles. The Bertz CT molecular complexity index is 318. The molecule has 1 rings (SSSR count). The van der Waals surface area contributed by atoms with Crippen LogP contribution < -0.4 is 11.1 Å². The molecule has 1 aromatic carbocycles. The molecule has 0 bridgehead atoms. The van der Waals surface area contributed by atoms with Gasteiger partial charge in [0.25, 0.3) is 0 Å². The number of likely N-dealkylation sites (N-methyl/N-ethyl adjacent to an activating group) is 1. The summed E-state index contributed by atoms with van der Waals surface area (Å²) in [5.74, 6) is 0. The smallest absolute Gasteiger partial charge is 0.0342 e. The lowest BCUT2D eigenvalue weighted by Gasteiger charge is -2.33. The first-order valence-electron chi connectivity index (χ1n) is 6.75. The van der Waals surface area contributed by atoms with Gasteiger partial charge in [0.2, 0.25) is 0 Å². The minimum Gasteiger partial charge on any atom is -0.329 e. The van der Waals surface area contributed by atoms with Crippen molar-refractivity contribution in [1.29, 1.82) is 0 Å². The highest BCUT2D eigenvalue weighted by Crippen LogP contribution is 2.16. The first kappa shape index (κ1) is 15.2. The highest BCUT2D eigenvalue weighted by molar-refractivity contribution is 5.18. The predicted octanol–water partition coefficient (Wildman–Crippen LogP) is 1.49. The van der Waals surface area contributed by atoms with Crippen LogP contribution in [0.3, 0.4) is 0 Å². The molecule has 0 saturated carbocycles. The van der Waals surface area contributed by atoms with Crippen LogP contribution in [0.15, 0.2) is 30.3 Å². The SMILES string of the molecule is CCC(CN)(Cc1ccccc1)NCCN(C)C. The average Bonchev–Trinajstić information content (AvgIpc) is 2.38. The summed E-state index contributed by atoms with van der Waals surface area (Å²) in [7, 11) is 4.18. The second-order valence-corrected chi connectivity index (χ2v) is 5.23. The summed E-state index contributed by atoms with van der Waals surface area (Å²) in [5.41, 5.74) is 7.38. The largest absolute Gasteiger partial charge is 0.329 e. The number of hydrogen-bond donors (Lipinski definition) is 2. The number of benzene rings is 1. The molecule has 0 aliphatic rings. The molecule has 18 heavy (non-hydrogen) atoms. The van der Waals surface area contributed by atoms with Gasteiger partial charge < -0.3 is 16.0 Å². The Morgan fingerprint density at radius 1 is 1.22 bits per heavy atom. The Labute approximate surface area is 111 Å². The summed E-state index contributed by atoms with van der Waals surface area (Å²) in [6.45, 7) is 4.89. The first-order chi connectivity index (χ1) is 8.62. The average molecular weight is 249 g/mol. The van der Waals surface area contributed by atoms with Gasteiger partial charge in [-0.05, 0) is 32.5 Å².